The van der Waals surface area contributed by atoms with Gasteiger partial charge in [0.25, 0.3) is 0 Å². The van der Waals surface area contributed by atoms with Crippen LogP contribution in [-0.2, 0) is 22.7 Å². The Morgan fingerprint density at radius 2 is 1.92 bits per heavy atom. The lowest BCUT2D eigenvalue weighted by Crippen LogP contribution is -2.24. The number of hydrogen-bond donors (Lipinski definition) is 1. The standard InChI is InChI=1S/C15H14F3N3O2S/c16-15(17,18)11-2-1-3-13(6-11)24(22,23)21-8-12-7-14(10-4-5-10)20-9-19-12/h1-3,6-7,9-10,21H,4-5,8H2. The van der Waals surface area contributed by atoms with E-state index in [4.69, 9.17) is 0 Å². The van der Waals surface area contributed by atoms with Crippen molar-refractivity contribution in [1.82, 2.24) is 14.7 Å². The third-order valence-electron chi connectivity index (χ3n) is 3.66. The van der Waals surface area contributed by atoms with Crippen molar-refractivity contribution in [3.05, 3.63) is 53.6 Å². The van der Waals surface area contributed by atoms with Crippen LogP contribution < -0.4 is 4.72 Å². The fourth-order valence-corrected chi connectivity index (χ4v) is 3.25. The highest BCUT2D eigenvalue weighted by Gasteiger charge is 2.31. The fraction of sp³-hybridized carbons (Fsp3) is 0.333. The van der Waals surface area contributed by atoms with Crippen LogP contribution >= 0.6 is 0 Å². The van der Waals surface area contributed by atoms with Crippen molar-refractivity contribution in [3.8, 4) is 0 Å². The first-order valence-corrected chi connectivity index (χ1v) is 8.72. The van der Waals surface area contributed by atoms with Crippen LogP contribution in [0.4, 0.5) is 13.2 Å². The van der Waals surface area contributed by atoms with Gasteiger partial charge in [-0.1, -0.05) is 6.07 Å². The first kappa shape index (κ1) is 16.8. The van der Waals surface area contributed by atoms with E-state index in [0.29, 0.717) is 17.7 Å². The molecule has 0 amide bonds. The highest BCUT2D eigenvalue weighted by Crippen LogP contribution is 2.38. The molecule has 5 nitrogen and oxygen atoms in total. The van der Waals surface area contributed by atoms with Crippen molar-refractivity contribution in [2.24, 2.45) is 0 Å². The Bertz CT molecular complexity index is 849. The topological polar surface area (TPSA) is 72.0 Å². The van der Waals surface area contributed by atoms with Gasteiger partial charge in [-0.15, -0.1) is 0 Å². The predicted molar refractivity (Wildman–Crippen MR) is 79.5 cm³/mol. The van der Waals surface area contributed by atoms with E-state index in [2.05, 4.69) is 14.7 Å². The first-order valence-electron chi connectivity index (χ1n) is 7.23. The molecule has 0 aliphatic heterocycles. The molecule has 0 radical (unpaired) electrons. The summed E-state index contributed by atoms with van der Waals surface area (Å²) in [6.45, 7) is -0.110. The van der Waals surface area contributed by atoms with Gasteiger partial charge in [0.15, 0.2) is 0 Å². The molecule has 1 aliphatic rings. The Balaban J connectivity index is 1.75. The van der Waals surface area contributed by atoms with E-state index in [-0.39, 0.29) is 6.54 Å². The monoisotopic (exact) mass is 357 g/mol. The molecule has 0 bridgehead atoms. The number of alkyl halides is 3. The Morgan fingerprint density at radius 3 is 2.58 bits per heavy atom. The van der Waals surface area contributed by atoms with E-state index in [1.807, 2.05) is 0 Å². The van der Waals surface area contributed by atoms with Gasteiger partial charge in [-0.3, -0.25) is 0 Å². The van der Waals surface area contributed by atoms with Crippen LogP contribution in [0.5, 0.6) is 0 Å². The zero-order chi connectivity index (χ0) is 17.4. The van der Waals surface area contributed by atoms with E-state index in [1.54, 1.807) is 6.07 Å². The fourth-order valence-electron chi connectivity index (χ4n) is 2.21. The molecule has 1 heterocycles. The zero-order valence-corrected chi connectivity index (χ0v) is 13.2. The minimum absolute atomic E-state index is 0.110. The summed E-state index contributed by atoms with van der Waals surface area (Å²) in [7, 11) is -4.07. The lowest BCUT2D eigenvalue weighted by Gasteiger charge is -2.10. The second-order valence-electron chi connectivity index (χ2n) is 5.56. The number of nitrogens with zero attached hydrogens (tertiary/aromatic N) is 2. The summed E-state index contributed by atoms with van der Waals surface area (Å²) in [6, 6.07) is 5.33. The Morgan fingerprint density at radius 1 is 1.17 bits per heavy atom. The predicted octanol–water partition coefficient (Wildman–Crippen LogP) is 2.85. The van der Waals surface area contributed by atoms with Gasteiger partial charge in [0.05, 0.1) is 22.7 Å². The molecule has 1 aromatic heterocycles. The van der Waals surface area contributed by atoms with Crippen molar-refractivity contribution in [1.29, 1.82) is 0 Å². The second kappa shape index (κ2) is 6.14. The average Bonchev–Trinajstić information content (AvgIpc) is 3.38. The molecule has 1 N–H and O–H groups in total. The summed E-state index contributed by atoms with van der Waals surface area (Å²) in [5.41, 5.74) is 0.323. The van der Waals surface area contributed by atoms with Crippen molar-refractivity contribution in [2.75, 3.05) is 0 Å². The maximum Gasteiger partial charge on any atom is 0.416 e. The van der Waals surface area contributed by atoms with Gasteiger partial charge in [0.2, 0.25) is 10.0 Å². The number of halogens is 3. The van der Waals surface area contributed by atoms with Crippen LogP contribution in [0.2, 0.25) is 0 Å². The normalized spacial score (nSPS) is 15.5. The molecular weight excluding hydrogens is 343 g/mol. The van der Waals surface area contributed by atoms with Crippen LogP contribution in [0.1, 0.15) is 35.7 Å². The molecule has 3 rings (SSSR count). The Labute approximate surface area is 137 Å². The molecule has 0 saturated heterocycles. The minimum atomic E-state index is -4.60. The van der Waals surface area contributed by atoms with E-state index in [1.165, 1.54) is 6.33 Å². The van der Waals surface area contributed by atoms with Crippen LogP contribution in [0, 0.1) is 0 Å². The largest absolute Gasteiger partial charge is 0.416 e. The SMILES string of the molecule is O=S(=O)(NCc1cc(C2CC2)ncn1)c1cccc(C(F)(F)F)c1. The van der Waals surface area contributed by atoms with E-state index in [9.17, 15) is 21.6 Å². The number of nitrogens with one attached hydrogen (secondary N) is 1. The van der Waals surface area contributed by atoms with Crippen LogP contribution in [-0.4, -0.2) is 18.4 Å². The van der Waals surface area contributed by atoms with Crippen molar-refractivity contribution >= 4 is 10.0 Å². The molecule has 0 unspecified atom stereocenters. The van der Waals surface area contributed by atoms with Crippen LogP contribution in [0.3, 0.4) is 0 Å². The number of sulfonamides is 1. The van der Waals surface area contributed by atoms with Crippen molar-refractivity contribution in [3.63, 3.8) is 0 Å². The van der Waals surface area contributed by atoms with Crippen molar-refractivity contribution in [2.45, 2.75) is 36.4 Å². The maximum absolute atomic E-state index is 12.7. The van der Waals surface area contributed by atoms with E-state index < -0.39 is 26.7 Å². The van der Waals surface area contributed by atoms with Gasteiger partial charge in [-0.25, -0.2) is 23.1 Å². The smallest absolute Gasteiger partial charge is 0.241 e. The Hall–Kier alpha value is -2.00. The summed E-state index contributed by atoms with van der Waals surface area (Å²) < 4.78 is 64.8. The third-order valence-corrected chi connectivity index (χ3v) is 5.05. The lowest BCUT2D eigenvalue weighted by atomic mass is 10.2. The van der Waals surface area contributed by atoms with Crippen molar-refractivity contribution < 1.29 is 21.6 Å². The van der Waals surface area contributed by atoms with Crippen LogP contribution in [0.15, 0.2) is 41.6 Å². The van der Waals surface area contributed by atoms with E-state index in [0.717, 1.165) is 36.7 Å². The lowest BCUT2D eigenvalue weighted by molar-refractivity contribution is -0.137. The molecule has 9 heteroatoms. The number of hydrogen-bond acceptors (Lipinski definition) is 4. The molecule has 1 aromatic carbocycles. The average molecular weight is 357 g/mol. The third kappa shape index (κ3) is 3.90. The molecule has 1 aliphatic carbocycles. The quantitative estimate of drug-likeness (QED) is 0.893. The minimum Gasteiger partial charge on any atom is -0.241 e. The van der Waals surface area contributed by atoms with Gasteiger partial charge in [-0.05, 0) is 37.1 Å². The summed E-state index contributed by atoms with van der Waals surface area (Å²) >= 11 is 0. The molecule has 1 fully saturated rings. The van der Waals surface area contributed by atoms with Gasteiger partial charge < -0.3 is 0 Å². The molecule has 128 valence electrons. The summed E-state index contributed by atoms with van der Waals surface area (Å²) in [5, 5.41) is 0. The number of benzene rings is 1. The summed E-state index contributed by atoms with van der Waals surface area (Å²) in [4.78, 5) is 7.68. The molecule has 1 saturated carbocycles. The first-order chi connectivity index (χ1) is 11.3. The second-order valence-corrected chi connectivity index (χ2v) is 7.33. The Kier molecular flexibility index (Phi) is 4.31. The van der Waals surface area contributed by atoms with Gasteiger partial charge in [0.1, 0.15) is 6.33 Å². The number of aromatic nitrogens is 2. The molecular formula is C15H14F3N3O2S. The highest BCUT2D eigenvalue weighted by molar-refractivity contribution is 7.89. The molecule has 0 atom stereocenters. The summed E-state index contributed by atoms with van der Waals surface area (Å²) in [5.74, 6) is 0.395. The number of rotatable bonds is 5. The highest BCUT2D eigenvalue weighted by atomic mass is 32.2. The van der Waals surface area contributed by atoms with Gasteiger partial charge >= 0.3 is 6.18 Å². The van der Waals surface area contributed by atoms with Gasteiger partial charge in [-0.2, -0.15) is 13.2 Å². The molecule has 0 spiro atoms. The maximum atomic E-state index is 12.7. The summed E-state index contributed by atoms with van der Waals surface area (Å²) in [6.07, 6.45) is -1.14. The van der Waals surface area contributed by atoms with Crippen LogP contribution in [0.25, 0.3) is 0 Å². The van der Waals surface area contributed by atoms with E-state index >= 15 is 0 Å². The molecule has 2 aromatic rings. The van der Waals surface area contributed by atoms with Gasteiger partial charge in [0, 0.05) is 11.6 Å². The molecule has 24 heavy (non-hydrogen) atoms. The zero-order valence-electron chi connectivity index (χ0n) is 12.4.